The van der Waals surface area contributed by atoms with E-state index >= 15 is 0 Å². The Morgan fingerprint density at radius 3 is 2.53 bits per heavy atom. The lowest BCUT2D eigenvalue weighted by Crippen LogP contribution is -2.11. The predicted octanol–water partition coefficient (Wildman–Crippen LogP) is 2.74. The highest BCUT2D eigenvalue weighted by molar-refractivity contribution is 6.00. The van der Waals surface area contributed by atoms with Crippen molar-refractivity contribution in [2.45, 2.75) is 13.3 Å². The van der Waals surface area contributed by atoms with Gasteiger partial charge in [0.1, 0.15) is 0 Å². The minimum absolute atomic E-state index is 0.284. The molecule has 0 heterocycles. The molecule has 0 aliphatic carbocycles. The quantitative estimate of drug-likeness (QED) is 0.454. The molecule has 0 spiro atoms. The summed E-state index contributed by atoms with van der Waals surface area (Å²) in [6.45, 7) is 5.27. The first kappa shape index (κ1) is 12.9. The summed E-state index contributed by atoms with van der Waals surface area (Å²) in [4.78, 5) is 22.5. The average Bonchev–Trinajstić information content (AvgIpc) is 2.36. The highest BCUT2D eigenvalue weighted by atomic mass is 16.6. The maximum atomic E-state index is 11.3. The Kier molecular flexibility index (Phi) is 4.88. The van der Waals surface area contributed by atoms with Gasteiger partial charge in [-0.2, -0.15) is 0 Å². The molecule has 1 aromatic rings. The fraction of sp³-hybridized carbons (Fsp3) is 0.143. The van der Waals surface area contributed by atoms with E-state index in [2.05, 4.69) is 11.3 Å². The van der Waals surface area contributed by atoms with Gasteiger partial charge in [0.25, 0.3) is 0 Å². The van der Waals surface area contributed by atoms with Crippen LogP contribution in [0.15, 0.2) is 48.6 Å². The van der Waals surface area contributed by atoms with E-state index in [1.54, 1.807) is 13.0 Å². The highest BCUT2D eigenvalue weighted by Crippen LogP contribution is 2.03. The number of carbonyl (C=O) groups excluding carboxylic acids is 2. The largest absolute Gasteiger partial charge is 0.386 e. The van der Waals surface area contributed by atoms with Crippen molar-refractivity contribution in [3.05, 3.63) is 54.1 Å². The molecule has 0 saturated carbocycles. The lowest BCUT2D eigenvalue weighted by Gasteiger charge is -2.00. The summed E-state index contributed by atoms with van der Waals surface area (Å²) in [6.07, 6.45) is 3.27. The van der Waals surface area contributed by atoms with E-state index in [0.717, 1.165) is 5.56 Å². The molecule has 1 aromatic carbocycles. The van der Waals surface area contributed by atoms with Crippen LogP contribution in [0.25, 0.3) is 6.08 Å². The van der Waals surface area contributed by atoms with Crippen molar-refractivity contribution in [3.63, 3.8) is 0 Å². The van der Waals surface area contributed by atoms with Gasteiger partial charge >= 0.3 is 11.9 Å². The Labute approximate surface area is 100 Å². The molecule has 88 valence electrons. The minimum atomic E-state index is -0.687. The fourth-order valence-electron chi connectivity index (χ4n) is 1.07. The van der Waals surface area contributed by atoms with Crippen molar-refractivity contribution in [2.24, 2.45) is 0 Å². The summed E-state index contributed by atoms with van der Waals surface area (Å²) in [5, 5.41) is 0. The van der Waals surface area contributed by atoms with Crippen molar-refractivity contribution in [2.75, 3.05) is 0 Å². The van der Waals surface area contributed by atoms with Gasteiger partial charge in [-0.15, -0.1) is 0 Å². The van der Waals surface area contributed by atoms with E-state index in [9.17, 15) is 9.59 Å². The van der Waals surface area contributed by atoms with Crippen LogP contribution < -0.4 is 0 Å². The zero-order chi connectivity index (χ0) is 12.7. The summed E-state index contributed by atoms with van der Waals surface area (Å²) >= 11 is 0. The maximum absolute atomic E-state index is 11.3. The van der Waals surface area contributed by atoms with Gasteiger partial charge in [0.2, 0.25) is 0 Å². The van der Waals surface area contributed by atoms with Crippen molar-refractivity contribution in [1.29, 1.82) is 0 Å². The summed E-state index contributed by atoms with van der Waals surface area (Å²) in [6, 6.07) is 9.28. The molecule has 3 nitrogen and oxygen atoms in total. The van der Waals surface area contributed by atoms with E-state index in [1.165, 1.54) is 6.08 Å². The van der Waals surface area contributed by atoms with E-state index in [4.69, 9.17) is 0 Å². The molecule has 0 bridgehead atoms. The van der Waals surface area contributed by atoms with Crippen LogP contribution in [-0.4, -0.2) is 11.9 Å². The van der Waals surface area contributed by atoms with Crippen LogP contribution in [0.2, 0.25) is 0 Å². The van der Waals surface area contributed by atoms with Crippen LogP contribution in [0.5, 0.6) is 0 Å². The second kappa shape index (κ2) is 6.43. The molecule has 0 amide bonds. The van der Waals surface area contributed by atoms with Gasteiger partial charge in [-0.05, 0) is 18.1 Å². The number of esters is 2. The van der Waals surface area contributed by atoms with Crippen molar-refractivity contribution in [1.82, 2.24) is 0 Å². The second-order valence-corrected chi connectivity index (χ2v) is 3.41. The van der Waals surface area contributed by atoms with E-state index in [1.807, 2.05) is 30.3 Å². The molecular formula is C14H14O3. The van der Waals surface area contributed by atoms with E-state index in [0.29, 0.717) is 6.42 Å². The molecule has 1 rings (SSSR count). The van der Waals surface area contributed by atoms with Gasteiger partial charge < -0.3 is 4.74 Å². The normalized spacial score (nSPS) is 10.2. The summed E-state index contributed by atoms with van der Waals surface area (Å²) in [7, 11) is 0. The molecular weight excluding hydrogens is 216 g/mol. The van der Waals surface area contributed by atoms with Gasteiger partial charge in [-0.25, -0.2) is 9.59 Å². The lowest BCUT2D eigenvalue weighted by atomic mass is 10.2. The summed E-state index contributed by atoms with van der Waals surface area (Å²) in [5.41, 5.74) is 1.15. The number of rotatable bonds is 4. The molecule has 0 aliphatic heterocycles. The molecule has 0 unspecified atom stereocenters. The average molecular weight is 230 g/mol. The number of carbonyl (C=O) groups is 2. The highest BCUT2D eigenvalue weighted by Gasteiger charge is 2.09. The molecule has 3 heteroatoms. The molecule has 17 heavy (non-hydrogen) atoms. The Hall–Kier alpha value is -2.16. The molecule has 0 atom stereocenters. The molecule has 0 fully saturated rings. The van der Waals surface area contributed by atoms with Crippen molar-refractivity contribution in [3.8, 4) is 0 Å². The molecule has 0 aromatic heterocycles. The predicted molar refractivity (Wildman–Crippen MR) is 66.0 cm³/mol. The molecule has 0 N–H and O–H groups in total. The molecule has 0 aliphatic rings. The number of hydrogen-bond donors (Lipinski definition) is 0. The van der Waals surface area contributed by atoms with Crippen LogP contribution in [0.4, 0.5) is 0 Å². The van der Waals surface area contributed by atoms with Crippen LogP contribution in [0, 0.1) is 0 Å². The Morgan fingerprint density at radius 2 is 1.94 bits per heavy atom. The van der Waals surface area contributed by atoms with Crippen LogP contribution in [0.3, 0.4) is 0 Å². The first-order chi connectivity index (χ1) is 8.13. The molecule has 0 saturated heterocycles. The lowest BCUT2D eigenvalue weighted by molar-refractivity contribution is -0.153. The van der Waals surface area contributed by atoms with E-state index in [-0.39, 0.29) is 5.57 Å². The van der Waals surface area contributed by atoms with Crippen LogP contribution in [-0.2, 0) is 14.3 Å². The standard InChI is InChI=1S/C14H14O3/c1-3-11(2)14(16)17-13(15)10-9-12-7-5-4-6-8-12/h4-10H,2-3H2,1H3. The maximum Gasteiger partial charge on any atom is 0.341 e. The van der Waals surface area contributed by atoms with Gasteiger partial charge in [-0.1, -0.05) is 43.8 Å². The van der Waals surface area contributed by atoms with Crippen molar-refractivity contribution < 1.29 is 14.3 Å². The first-order valence-corrected chi connectivity index (χ1v) is 5.30. The van der Waals surface area contributed by atoms with E-state index < -0.39 is 11.9 Å². The zero-order valence-electron chi connectivity index (χ0n) is 9.68. The number of benzene rings is 1. The smallest absolute Gasteiger partial charge is 0.341 e. The topological polar surface area (TPSA) is 43.4 Å². The monoisotopic (exact) mass is 230 g/mol. The molecule has 0 radical (unpaired) electrons. The zero-order valence-corrected chi connectivity index (χ0v) is 9.68. The summed E-state index contributed by atoms with van der Waals surface area (Å²) < 4.78 is 4.56. The first-order valence-electron chi connectivity index (χ1n) is 5.30. The van der Waals surface area contributed by atoms with Gasteiger partial charge in [-0.3, -0.25) is 0 Å². The van der Waals surface area contributed by atoms with Gasteiger partial charge in [0, 0.05) is 11.6 Å². The third-order valence-corrected chi connectivity index (χ3v) is 2.12. The van der Waals surface area contributed by atoms with Gasteiger partial charge in [0.05, 0.1) is 0 Å². The Bertz CT molecular complexity index is 444. The Balaban J connectivity index is 2.53. The number of hydrogen-bond acceptors (Lipinski definition) is 3. The van der Waals surface area contributed by atoms with Crippen LogP contribution in [0.1, 0.15) is 18.9 Å². The van der Waals surface area contributed by atoms with Crippen molar-refractivity contribution >= 4 is 18.0 Å². The SMILES string of the molecule is C=C(CC)C(=O)OC(=O)C=Cc1ccccc1. The summed E-state index contributed by atoms with van der Waals surface area (Å²) in [5.74, 6) is -1.36. The van der Waals surface area contributed by atoms with Gasteiger partial charge in [0.15, 0.2) is 0 Å². The fourth-order valence-corrected chi connectivity index (χ4v) is 1.07. The third-order valence-electron chi connectivity index (χ3n) is 2.12. The minimum Gasteiger partial charge on any atom is -0.386 e. The third kappa shape index (κ3) is 4.47. The number of ether oxygens (including phenoxy) is 1. The van der Waals surface area contributed by atoms with Crippen LogP contribution >= 0.6 is 0 Å². The Morgan fingerprint density at radius 1 is 1.29 bits per heavy atom. The second-order valence-electron chi connectivity index (χ2n) is 3.41.